The molecular weight excluding hydrogens is 309 g/mol. The number of sulfonamides is 1. The molecule has 0 saturated carbocycles. The molecule has 1 aromatic carbocycles. The van der Waals surface area contributed by atoms with Gasteiger partial charge < -0.3 is 5.73 Å². The summed E-state index contributed by atoms with van der Waals surface area (Å²) in [5.74, 6) is 0. The van der Waals surface area contributed by atoms with Gasteiger partial charge in [0.1, 0.15) is 4.90 Å². The number of alkyl halides is 3. The Labute approximate surface area is 118 Å². The second-order valence-corrected chi connectivity index (χ2v) is 5.80. The first kappa shape index (κ1) is 15.3. The summed E-state index contributed by atoms with van der Waals surface area (Å²) in [4.78, 5) is -0.265. The van der Waals surface area contributed by atoms with Crippen LogP contribution in [-0.2, 0) is 22.7 Å². The number of aromatic amines is 1. The van der Waals surface area contributed by atoms with Crippen molar-refractivity contribution in [2.75, 3.05) is 4.72 Å². The molecule has 6 nitrogen and oxygen atoms in total. The maximum atomic E-state index is 13.0. The van der Waals surface area contributed by atoms with Crippen molar-refractivity contribution in [1.82, 2.24) is 10.2 Å². The number of hydrogen-bond donors (Lipinski definition) is 3. The highest BCUT2D eigenvalue weighted by molar-refractivity contribution is 7.92. The first-order valence-electron chi connectivity index (χ1n) is 5.66. The molecule has 0 saturated heterocycles. The van der Waals surface area contributed by atoms with E-state index >= 15 is 0 Å². The van der Waals surface area contributed by atoms with Gasteiger partial charge in [-0.1, -0.05) is 6.07 Å². The quantitative estimate of drug-likeness (QED) is 0.798. The number of aromatic nitrogens is 2. The van der Waals surface area contributed by atoms with Gasteiger partial charge in [0.25, 0.3) is 10.0 Å². The minimum absolute atomic E-state index is 0.0855. The van der Waals surface area contributed by atoms with Crippen molar-refractivity contribution >= 4 is 15.7 Å². The Balaban J connectivity index is 2.45. The van der Waals surface area contributed by atoms with Crippen LogP contribution >= 0.6 is 0 Å². The number of H-pyrrole nitrogens is 1. The van der Waals surface area contributed by atoms with Crippen LogP contribution < -0.4 is 10.5 Å². The molecule has 2 rings (SSSR count). The molecule has 0 radical (unpaired) electrons. The van der Waals surface area contributed by atoms with E-state index in [1.165, 1.54) is 6.07 Å². The largest absolute Gasteiger partial charge is 0.418 e. The molecule has 0 unspecified atom stereocenters. The van der Waals surface area contributed by atoms with Gasteiger partial charge in [0.2, 0.25) is 0 Å². The zero-order valence-corrected chi connectivity index (χ0v) is 11.3. The van der Waals surface area contributed by atoms with Gasteiger partial charge in [-0.15, -0.1) is 0 Å². The lowest BCUT2D eigenvalue weighted by Gasteiger charge is -2.15. The Morgan fingerprint density at radius 3 is 2.57 bits per heavy atom. The van der Waals surface area contributed by atoms with Gasteiger partial charge in [0.15, 0.2) is 0 Å². The standard InChI is InChI=1S/C11H11F3N4O2S/c12-11(13,14)9-3-7(4-15)1-2-10(9)18-21(19,20)8-5-16-17-6-8/h1-3,5-6,18H,4,15H2,(H,16,17). The zero-order valence-electron chi connectivity index (χ0n) is 10.5. The number of nitrogens with zero attached hydrogens (tertiary/aromatic N) is 1. The molecule has 0 amide bonds. The summed E-state index contributed by atoms with van der Waals surface area (Å²) >= 11 is 0. The Morgan fingerprint density at radius 1 is 1.33 bits per heavy atom. The van der Waals surface area contributed by atoms with Crippen molar-refractivity contribution in [2.24, 2.45) is 5.73 Å². The predicted molar refractivity (Wildman–Crippen MR) is 68.7 cm³/mol. The molecule has 114 valence electrons. The molecule has 0 aliphatic rings. The Bertz CT molecular complexity index is 726. The fourth-order valence-corrected chi connectivity index (χ4v) is 2.62. The number of hydrogen-bond acceptors (Lipinski definition) is 4. The van der Waals surface area contributed by atoms with Gasteiger partial charge in [0, 0.05) is 12.7 Å². The minimum Gasteiger partial charge on any atom is -0.326 e. The van der Waals surface area contributed by atoms with Crippen molar-refractivity contribution < 1.29 is 21.6 Å². The van der Waals surface area contributed by atoms with Gasteiger partial charge in [-0.05, 0) is 17.7 Å². The van der Waals surface area contributed by atoms with E-state index in [1.807, 2.05) is 4.72 Å². The van der Waals surface area contributed by atoms with Crippen LogP contribution in [0.5, 0.6) is 0 Å². The van der Waals surface area contributed by atoms with Crippen LogP contribution in [0.25, 0.3) is 0 Å². The van der Waals surface area contributed by atoms with Crippen LogP contribution in [-0.4, -0.2) is 18.6 Å². The lowest BCUT2D eigenvalue weighted by Crippen LogP contribution is -2.17. The van der Waals surface area contributed by atoms with Crippen molar-refractivity contribution in [3.8, 4) is 0 Å². The number of rotatable bonds is 4. The molecule has 0 fully saturated rings. The van der Waals surface area contributed by atoms with Crippen LogP contribution in [0, 0.1) is 0 Å². The van der Waals surface area contributed by atoms with E-state index in [2.05, 4.69) is 10.2 Å². The molecule has 0 aliphatic heterocycles. The third-order valence-electron chi connectivity index (χ3n) is 2.65. The van der Waals surface area contributed by atoms with E-state index in [0.717, 1.165) is 24.5 Å². The smallest absolute Gasteiger partial charge is 0.326 e. The summed E-state index contributed by atoms with van der Waals surface area (Å²) in [6.45, 7) is -0.0855. The summed E-state index contributed by atoms with van der Waals surface area (Å²) in [5.41, 5.74) is 3.87. The lowest BCUT2D eigenvalue weighted by atomic mass is 10.1. The molecule has 0 atom stereocenters. The summed E-state index contributed by atoms with van der Waals surface area (Å²) in [5, 5.41) is 5.72. The number of anilines is 1. The molecule has 21 heavy (non-hydrogen) atoms. The highest BCUT2D eigenvalue weighted by Gasteiger charge is 2.35. The Kier molecular flexibility index (Phi) is 3.92. The van der Waals surface area contributed by atoms with E-state index in [4.69, 9.17) is 5.73 Å². The fourth-order valence-electron chi connectivity index (χ4n) is 1.63. The summed E-state index contributed by atoms with van der Waals surface area (Å²) in [6.07, 6.45) is -2.66. The molecule has 0 aliphatic carbocycles. The molecule has 4 N–H and O–H groups in total. The molecule has 0 spiro atoms. The maximum absolute atomic E-state index is 13.0. The molecule has 0 bridgehead atoms. The van der Waals surface area contributed by atoms with Crippen LogP contribution in [0.4, 0.5) is 18.9 Å². The minimum atomic E-state index is -4.71. The number of benzene rings is 1. The van der Waals surface area contributed by atoms with Gasteiger partial charge in [-0.25, -0.2) is 8.42 Å². The normalized spacial score (nSPS) is 12.4. The van der Waals surface area contributed by atoms with Gasteiger partial charge in [-0.3, -0.25) is 9.82 Å². The summed E-state index contributed by atoms with van der Waals surface area (Å²) < 4.78 is 64.7. The zero-order chi connectivity index (χ0) is 15.7. The van der Waals surface area contributed by atoms with Crippen LogP contribution in [0.15, 0.2) is 35.5 Å². The number of nitrogens with one attached hydrogen (secondary N) is 2. The van der Waals surface area contributed by atoms with E-state index < -0.39 is 27.5 Å². The lowest BCUT2D eigenvalue weighted by molar-refractivity contribution is -0.136. The first-order valence-corrected chi connectivity index (χ1v) is 7.14. The van der Waals surface area contributed by atoms with Crippen molar-refractivity contribution in [3.63, 3.8) is 0 Å². The highest BCUT2D eigenvalue weighted by atomic mass is 32.2. The second-order valence-electron chi connectivity index (χ2n) is 4.12. The topological polar surface area (TPSA) is 101 Å². The number of halogens is 3. The fraction of sp³-hybridized carbons (Fsp3) is 0.182. The van der Waals surface area contributed by atoms with Crippen molar-refractivity contribution in [1.29, 1.82) is 0 Å². The highest BCUT2D eigenvalue weighted by Crippen LogP contribution is 2.36. The van der Waals surface area contributed by atoms with Gasteiger partial charge in [0.05, 0.1) is 17.4 Å². The van der Waals surface area contributed by atoms with Crippen LogP contribution in [0.1, 0.15) is 11.1 Å². The molecule has 1 aromatic heterocycles. The third-order valence-corrected chi connectivity index (χ3v) is 3.99. The second kappa shape index (κ2) is 5.37. The first-order chi connectivity index (χ1) is 9.74. The van der Waals surface area contributed by atoms with E-state index in [9.17, 15) is 21.6 Å². The van der Waals surface area contributed by atoms with Crippen LogP contribution in [0.3, 0.4) is 0 Å². The Hall–Kier alpha value is -2.07. The third kappa shape index (κ3) is 3.34. The number of nitrogens with two attached hydrogens (primary N) is 1. The molecule has 1 heterocycles. The van der Waals surface area contributed by atoms with Crippen LogP contribution in [0.2, 0.25) is 0 Å². The van der Waals surface area contributed by atoms with E-state index in [1.54, 1.807) is 0 Å². The monoisotopic (exact) mass is 320 g/mol. The van der Waals surface area contributed by atoms with Crippen molar-refractivity contribution in [3.05, 3.63) is 41.7 Å². The van der Waals surface area contributed by atoms with Gasteiger partial charge >= 0.3 is 6.18 Å². The van der Waals surface area contributed by atoms with Gasteiger partial charge in [-0.2, -0.15) is 18.3 Å². The SMILES string of the molecule is NCc1ccc(NS(=O)(=O)c2cn[nH]c2)c(C(F)(F)F)c1. The van der Waals surface area contributed by atoms with Crippen molar-refractivity contribution in [2.45, 2.75) is 17.6 Å². The average Bonchev–Trinajstić information content (AvgIpc) is 2.92. The maximum Gasteiger partial charge on any atom is 0.418 e. The molecular formula is C11H11F3N4O2S. The van der Waals surface area contributed by atoms with E-state index in [-0.39, 0.29) is 17.0 Å². The average molecular weight is 320 g/mol. The predicted octanol–water partition coefficient (Wildman–Crippen LogP) is 1.69. The summed E-state index contributed by atoms with van der Waals surface area (Å²) in [7, 11) is -4.15. The summed E-state index contributed by atoms with van der Waals surface area (Å²) in [6, 6.07) is 3.17. The molecule has 10 heteroatoms. The van der Waals surface area contributed by atoms with E-state index in [0.29, 0.717) is 0 Å². The molecule has 2 aromatic rings. The Morgan fingerprint density at radius 2 is 2.05 bits per heavy atom.